The molecule has 0 aromatic rings. The van der Waals surface area contributed by atoms with Crippen LogP contribution in [0.4, 0.5) is 0 Å². The van der Waals surface area contributed by atoms with E-state index >= 15 is 0 Å². The van der Waals surface area contributed by atoms with E-state index in [1.807, 2.05) is 12.2 Å². The molecule has 554 valence electrons. The second-order valence-corrected chi connectivity index (χ2v) is 27.2. The van der Waals surface area contributed by atoms with Crippen LogP contribution in [-0.2, 0) is 55.8 Å². The van der Waals surface area contributed by atoms with Crippen LogP contribution in [0, 0.1) is 0 Å². The van der Waals surface area contributed by atoms with Gasteiger partial charge in [-0.25, -0.2) is 9.13 Å². The van der Waals surface area contributed by atoms with Crippen molar-refractivity contribution >= 4 is 33.6 Å². The number of carbonyl (C=O) groups excluding carboxylic acids is 3. The van der Waals surface area contributed by atoms with Crippen molar-refractivity contribution in [1.29, 1.82) is 0 Å². The first-order valence-electron chi connectivity index (χ1n) is 37.1. The molecular formula is C79H132O16P2. The van der Waals surface area contributed by atoms with Crippen LogP contribution in [-0.4, -0.2) is 95.9 Å². The number of esters is 3. The molecule has 0 amide bonds. The number of carbonyl (C=O) groups is 3. The van der Waals surface area contributed by atoms with Crippen molar-refractivity contribution in [3.63, 3.8) is 0 Å². The van der Waals surface area contributed by atoms with Crippen LogP contribution in [0.1, 0.15) is 278 Å². The Labute approximate surface area is 587 Å². The minimum absolute atomic E-state index is 0.0793. The lowest BCUT2D eigenvalue weighted by Crippen LogP contribution is -2.30. The molecule has 0 saturated heterocycles. The van der Waals surface area contributed by atoms with Crippen molar-refractivity contribution in [1.82, 2.24) is 0 Å². The van der Waals surface area contributed by atoms with Gasteiger partial charge in [-0.15, -0.1) is 0 Å². The Balaban J connectivity index is 4.49. The van der Waals surface area contributed by atoms with Crippen molar-refractivity contribution in [2.45, 2.75) is 296 Å². The van der Waals surface area contributed by atoms with Crippen LogP contribution in [0.25, 0.3) is 0 Å². The lowest BCUT2D eigenvalue weighted by molar-refractivity contribution is -0.161. The van der Waals surface area contributed by atoms with Crippen LogP contribution < -0.4 is 0 Å². The van der Waals surface area contributed by atoms with Crippen LogP contribution in [0.2, 0.25) is 0 Å². The number of rotatable bonds is 69. The second-order valence-electron chi connectivity index (χ2n) is 24.3. The summed E-state index contributed by atoms with van der Waals surface area (Å²) in [7, 11) is -9.80. The van der Waals surface area contributed by atoms with Gasteiger partial charge in [0, 0.05) is 19.3 Å². The molecule has 16 nitrogen and oxygen atoms in total. The van der Waals surface area contributed by atoms with E-state index in [9.17, 15) is 43.5 Å². The Bertz CT molecular complexity index is 2350. The van der Waals surface area contributed by atoms with Crippen molar-refractivity contribution in [2.75, 3.05) is 39.6 Å². The van der Waals surface area contributed by atoms with E-state index in [1.165, 1.54) is 77.0 Å². The smallest absolute Gasteiger partial charge is 0.463 e. The Morgan fingerprint density at radius 2 is 0.557 bits per heavy atom. The normalized spacial score (nSPS) is 14.9. The number of aliphatic hydroxyl groups excluding tert-OH is 2. The summed E-state index contributed by atoms with van der Waals surface area (Å²) in [5.41, 5.74) is 0. The van der Waals surface area contributed by atoms with Gasteiger partial charge in [-0.1, -0.05) is 269 Å². The van der Waals surface area contributed by atoms with Crippen LogP contribution in [0.3, 0.4) is 0 Å². The SMILES string of the molecule is CC/C=C\C/C=C\C/C=C\C/C=C\C/C=C\C/C=C\CCCCCCCCCCCCCCC(=O)OCC(O)COP(=O)(O)OCC(O)COP(=O)(O)OCC(COC(=O)CCC/C=C\C/C=C\C/C=C\C/C=C\C/C=C\CC)OC(=O)CCCCCCC/C=C\CCCCCC. The fourth-order valence-corrected chi connectivity index (χ4v) is 11.0. The molecule has 5 unspecified atom stereocenters. The Hall–Kier alpha value is -4.57. The number of phosphoric acid groups is 2. The fraction of sp³-hybridized carbons (Fsp3) is 0.658. The van der Waals surface area contributed by atoms with Crippen molar-refractivity contribution in [3.8, 4) is 0 Å². The van der Waals surface area contributed by atoms with E-state index in [0.29, 0.717) is 25.7 Å². The maximum atomic E-state index is 12.9. The van der Waals surface area contributed by atoms with Crippen molar-refractivity contribution in [2.24, 2.45) is 0 Å². The number of phosphoric ester groups is 2. The van der Waals surface area contributed by atoms with Gasteiger partial charge in [0.25, 0.3) is 0 Å². The molecular weight excluding hydrogens is 1270 g/mol. The summed E-state index contributed by atoms with van der Waals surface area (Å²) in [6, 6.07) is 0. The van der Waals surface area contributed by atoms with Gasteiger partial charge in [-0.3, -0.25) is 32.5 Å². The summed E-state index contributed by atoms with van der Waals surface area (Å²) in [5.74, 6) is -1.66. The number of aliphatic hydroxyl groups is 2. The van der Waals surface area contributed by atoms with E-state index in [0.717, 1.165) is 135 Å². The predicted molar refractivity (Wildman–Crippen MR) is 399 cm³/mol. The average molecular weight is 1400 g/mol. The molecule has 5 atom stereocenters. The molecule has 0 aliphatic carbocycles. The summed E-state index contributed by atoms with van der Waals surface area (Å²) < 4.78 is 60.9. The number of hydrogen-bond donors (Lipinski definition) is 4. The Morgan fingerprint density at radius 3 is 0.918 bits per heavy atom. The molecule has 0 heterocycles. The number of hydrogen-bond acceptors (Lipinski definition) is 14. The number of unbranched alkanes of at least 4 members (excludes halogenated alkanes) is 22. The molecule has 0 radical (unpaired) electrons. The molecule has 0 rings (SSSR count). The maximum Gasteiger partial charge on any atom is 0.472 e. The Kier molecular flexibility index (Phi) is 67.9. The van der Waals surface area contributed by atoms with Crippen molar-refractivity contribution < 1.29 is 75.8 Å². The van der Waals surface area contributed by atoms with Gasteiger partial charge >= 0.3 is 33.6 Å². The summed E-state index contributed by atoms with van der Waals surface area (Å²) in [4.78, 5) is 58.4. The largest absolute Gasteiger partial charge is 0.472 e. The third kappa shape index (κ3) is 72.5. The van der Waals surface area contributed by atoms with Gasteiger partial charge < -0.3 is 34.2 Å². The first-order valence-corrected chi connectivity index (χ1v) is 40.1. The monoisotopic (exact) mass is 1400 g/mol. The third-order valence-electron chi connectivity index (χ3n) is 15.0. The maximum absolute atomic E-state index is 12.9. The lowest BCUT2D eigenvalue weighted by Gasteiger charge is -2.21. The zero-order valence-electron chi connectivity index (χ0n) is 60.2. The molecule has 18 heteroatoms. The van der Waals surface area contributed by atoms with Crippen LogP contribution in [0.15, 0.2) is 146 Å². The van der Waals surface area contributed by atoms with Gasteiger partial charge in [0.2, 0.25) is 0 Å². The highest BCUT2D eigenvalue weighted by Gasteiger charge is 2.29. The van der Waals surface area contributed by atoms with Gasteiger partial charge in [-0.2, -0.15) is 0 Å². The zero-order valence-corrected chi connectivity index (χ0v) is 62.0. The quantitative estimate of drug-likeness (QED) is 0.0146. The third-order valence-corrected chi connectivity index (χ3v) is 16.9. The Morgan fingerprint density at radius 1 is 0.299 bits per heavy atom. The first kappa shape index (κ1) is 92.4. The molecule has 97 heavy (non-hydrogen) atoms. The van der Waals surface area contributed by atoms with Gasteiger partial charge in [0.15, 0.2) is 6.10 Å². The van der Waals surface area contributed by atoms with Crippen LogP contribution in [0.5, 0.6) is 0 Å². The highest BCUT2D eigenvalue weighted by Crippen LogP contribution is 2.45. The van der Waals surface area contributed by atoms with E-state index in [-0.39, 0.29) is 19.3 Å². The highest BCUT2D eigenvalue weighted by atomic mass is 31.2. The molecule has 4 N–H and O–H groups in total. The van der Waals surface area contributed by atoms with Gasteiger partial charge in [0.05, 0.1) is 26.4 Å². The van der Waals surface area contributed by atoms with Gasteiger partial charge in [-0.05, 0) is 135 Å². The second kappa shape index (κ2) is 71.3. The summed E-state index contributed by atoms with van der Waals surface area (Å²) in [6.45, 7) is 2.34. The van der Waals surface area contributed by atoms with Crippen LogP contribution >= 0.6 is 15.6 Å². The standard InChI is InChI=1S/C79H132O16P2/c1-4-7-10-13-16-19-22-25-27-29-30-31-32-33-34-35-36-37-38-39-40-41-42-44-46-48-50-53-56-59-62-65-77(82)89-68-74(80)69-91-96(85,86)92-70-75(81)71-93-97(87,88)94-73-76(95-79(84)67-64-61-58-55-52-47-24-21-18-15-12-9-6-3)72-90-78(83)66-63-60-57-54-51-49-45-43-28-26-23-20-17-14-11-8-5-2/h7-8,10-11,16-17,19-21,24-28,30-31,33-34,36-37,45,49,54,57,74-76,80-81H,4-6,9,12-15,18,22-23,29,32,35,38-44,46-48,50-53,55-56,58-73H2,1-3H3,(H,85,86)(H,87,88)/b10-7-,11-8-,19-16-,20-17-,24-21-,27-25-,28-26-,31-30-,34-33-,37-36-,49-45-,57-54-. The molecule has 0 fully saturated rings. The molecule has 0 saturated carbocycles. The predicted octanol–water partition coefficient (Wildman–Crippen LogP) is 21.3. The van der Waals surface area contributed by atoms with Gasteiger partial charge in [0.1, 0.15) is 25.4 Å². The molecule has 0 aromatic heterocycles. The van der Waals surface area contributed by atoms with E-state index in [2.05, 4.69) is 154 Å². The molecule has 0 aliphatic heterocycles. The first-order chi connectivity index (χ1) is 47.2. The minimum Gasteiger partial charge on any atom is -0.463 e. The zero-order chi connectivity index (χ0) is 70.9. The highest BCUT2D eigenvalue weighted by molar-refractivity contribution is 7.47. The number of allylic oxidation sites excluding steroid dienone is 24. The topological polar surface area (TPSA) is 231 Å². The minimum atomic E-state index is -4.94. The fourth-order valence-electron chi connectivity index (χ4n) is 9.43. The van der Waals surface area contributed by atoms with E-state index < -0.39 is 91.5 Å². The van der Waals surface area contributed by atoms with E-state index in [1.54, 1.807) is 0 Å². The molecule has 0 aromatic carbocycles. The summed E-state index contributed by atoms with van der Waals surface area (Å²) >= 11 is 0. The van der Waals surface area contributed by atoms with E-state index in [4.69, 9.17) is 32.3 Å². The lowest BCUT2D eigenvalue weighted by atomic mass is 10.0. The molecule has 0 spiro atoms. The number of ether oxygens (including phenoxy) is 3. The molecule has 0 aliphatic rings. The summed E-state index contributed by atoms with van der Waals surface area (Å²) in [6.07, 6.45) is 86.4. The summed E-state index contributed by atoms with van der Waals surface area (Å²) in [5, 5.41) is 20.6. The average Bonchev–Trinajstić information content (AvgIpc) is 1.62. The molecule has 0 bridgehead atoms. The van der Waals surface area contributed by atoms with Crippen molar-refractivity contribution in [3.05, 3.63) is 146 Å².